The summed E-state index contributed by atoms with van der Waals surface area (Å²) in [6.45, 7) is 2.86. The molecule has 0 amide bonds. The summed E-state index contributed by atoms with van der Waals surface area (Å²) in [6.07, 6.45) is 4.90. The zero-order valence-electron chi connectivity index (χ0n) is 15.9. The highest BCUT2D eigenvalue weighted by molar-refractivity contribution is 6.02. The van der Waals surface area contributed by atoms with Crippen molar-refractivity contribution in [1.29, 1.82) is 0 Å². The second-order valence-corrected chi connectivity index (χ2v) is 6.99. The van der Waals surface area contributed by atoms with Crippen molar-refractivity contribution in [1.82, 2.24) is 9.97 Å². The van der Waals surface area contributed by atoms with E-state index in [9.17, 15) is 0 Å². The molecular weight excluding hydrogens is 334 g/mol. The van der Waals surface area contributed by atoms with E-state index in [0.717, 1.165) is 59.2 Å². The van der Waals surface area contributed by atoms with Crippen molar-refractivity contribution in [2.24, 2.45) is 5.73 Å². The Bertz CT molecular complexity index is 1100. The average molecular weight is 359 g/mol. The van der Waals surface area contributed by atoms with Gasteiger partial charge in [0, 0.05) is 28.0 Å². The maximum atomic E-state index is 5.74. The number of methoxy groups -OCH3 is 1. The van der Waals surface area contributed by atoms with Crippen molar-refractivity contribution in [2.45, 2.75) is 26.2 Å². The number of unbranched alkanes of at least 4 members (excludes halogenated alkanes) is 1. The van der Waals surface area contributed by atoms with Gasteiger partial charge >= 0.3 is 0 Å². The van der Waals surface area contributed by atoms with Crippen LogP contribution >= 0.6 is 0 Å². The Morgan fingerprint density at radius 3 is 2.78 bits per heavy atom. The summed E-state index contributed by atoms with van der Waals surface area (Å²) in [7, 11) is 1.72. The number of aromatic nitrogens is 2. The highest BCUT2D eigenvalue weighted by atomic mass is 16.5. The summed E-state index contributed by atoms with van der Waals surface area (Å²) >= 11 is 0. The van der Waals surface area contributed by atoms with Crippen LogP contribution in [0.3, 0.4) is 0 Å². The number of pyridine rings is 1. The summed E-state index contributed by atoms with van der Waals surface area (Å²) in [5.74, 6) is 0.860. The second-order valence-electron chi connectivity index (χ2n) is 6.99. The van der Waals surface area contributed by atoms with Crippen LogP contribution in [-0.4, -0.2) is 23.6 Å². The zero-order chi connectivity index (χ0) is 18.8. The molecule has 138 valence electrons. The van der Waals surface area contributed by atoms with E-state index in [1.807, 2.05) is 24.4 Å². The van der Waals surface area contributed by atoms with E-state index in [1.54, 1.807) is 7.11 Å². The van der Waals surface area contributed by atoms with Crippen LogP contribution in [0.25, 0.3) is 33.1 Å². The second kappa shape index (κ2) is 7.41. The van der Waals surface area contributed by atoms with Crippen molar-refractivity contribution in [3.8, 4) is 17.0 Å². The van der Waals surface area contributed by atoms with Gasteiger partial charge in [-0.1, -0.05) is 17.7 Å². The van der Waals surface area contributed by atoms with Crippen LogP contribution in [0.1, 0.15) is 24.0 Å². The minimum atomic E-state index is 0.720. The van der Waals surface area contributed by atoms with Crippen molar-refractivity contribution in [2.75, 3.05) is 13.7 Å². The number of aryl methyl sites for hydroxylation is 2. The number of aromatic amines is 1. The van der Waals surface area contributed by atoms with Gasteiger partial charge in [-0.05, 0) is 68.6 Å². The van der Waals surface area contributed by atoms with Crippen molar-refractivity contribution in [3.63, 3.8) is 0 Å². The first-order valence-electron chi connectivity index (χ1n) is 9.46. The maximum absolute atomic E-state index is 5.74. The molecule has 3 N–H and O–H groups in total. The van der Waals surface area contributed by atoms with Crippen LogP contribution in [0.5, 0.6) is 5.75 Å². The Hall–Kier alpha value is -2.85. The van der Waals surface area contributed by atoms with Crippen molar-refractivity contribution in [3.05, 3.63) is 59.8 Å². The van der Waals surface area contributed by atoms with E-state index >= 15 is 0 Å². The van der Waals surface area contributed by atoms with Gasteiger partial charge in [-0.25, -0.2) is 0 Å². The van der Waals surface area contributed by atoms with Crippen LogP contribution in [0, 0.1) is 6.92 Å². The molecule has 0 radical (unpaired) electrons. The number of nitrogens with two attached hydrogens (primary N) is 1. The first kappa shape index (κ1) is 17.6. The molecule has 0 aliphatic carbocycles. The fraction of sp³-hybridized carbons (Fsp3) is 0.261. The molecule has 2 aromatic carbocycles. The molecule has 0 atom stereocenters. The van der Waals surface area contributed by atoms with Gasteiger partial charge in [0.1, 0.15) is 5.75 Å². The number of benzene rings is 2. The van der Waals surface area contributed by atoms with Gasteiger partial charge < -0.3 is 15.5 Å². The van der Waals surface area contributed by atoms with E-state index in [-0.39, 0.29) is 0 Å². The molecule has 0 aliphatic heterocycles. The lowest BCUT2D eigenvalue weighted by molar-refractivity contribution is 0.417. The number of nitrogens with zero attached hydrogens (tertiary/aromatic N) is 1. The van der Waals surface area contributed by atoms with Crippen LogP contribution in [0.4, 0.5) is 0 Å². The average Bonchev–Trinajstić information content (AvgIpc) is 3.04. The van der Waals surface area contributed by atoms with Gasteiger partial charge in [-0.3, -0.25) is 4.98 Å². The third kappa shape index (κ3) is 3.17. The molecule has 4 aromatic rings. The van der Waals surface area contributed by atoms with Crippen molar-refractivity contribution < 1.29 is 4.74 Å². The van der Waals surface area contributed by atoms with Gasteiger partial charge in [0.2, 0.25) is 0 Å². The lowest BCUT2D eigenvalue weighted by Gasteiger charge is -2.13. The first-order valence-corrected chi connectivity index (χ1v) is 9.46. The number of hydrogen-bond acceptors (Lipinski definition) is 3. The predicted octanol–water partition coefficient (Wildman–Crippen LogP) is 4.98. The van der Waals surface area contributed by atoms with Crippen LogP contribution < -0.4 is 10.5 Å². The predicted molar refractivity (Wildman–Crippen MR) is 112 cm³/mol. The van der Waals surface area contributed by atoms with E-state index < -0.39 is 0 Å². The number of H-pyrrole nitrogens is 1. The maximum Gasteiger partial charge on any atom is 0.128 e. The van der Waals surface area contributed by atoms with E-state index in [0.29, 0.717) is 0 Å². The molecule has 4 nitrogen and oxygen atoms in total. The lowest BCUT2D eigenvalue weighted by atomic mass is 9.96. The highest BCUT2D eigenvalue weighted by Gasteiger charge is 2.19. The van der Waals surface area contributed by atoms with Crippen molar-refractivity contribution >= 4 is 21.8 Å². The topological polar surface area (TPSA) is 63.9 Å². The van der Waals surface area contributed by atoms with Gasteiger partial charge in [-0.2, -0.15) is 0 Å². The van der Waals surface area contributed by atoms with E-state index in [2.05, 4.69) is 41.2 Å². The van der Waals surface area contributed by atoms with E-state index in [4.69, 9.17) is 10.5 Å². The smallest absolute Gasteiger partial charge is 0.128 e. The van der Waals surface area contributed by atoms with Gasteiger partial charge in [0.05, 0.1) is 18.3 Å². The largest absolute Gasteiger partial charge is 0.496 e. The van der Waals surface area contributed by atoms with Crippen LogP contribution in [0.15, 0.2) is 48.7 Å². The highest BCUT2D eigenvalue weighted by Crippen LogP contribution is 2.40. The monoisotopic (exact) mass is 359 g/mol. The Labute approximate surface area is 159 Å². The molecule has 0 unspecified atom stereocenters. The molecule has 0 saturated heterocycles. The fourth-order valence-electron chi connectivity index (χ4n) is 3.84. The standard InChI is InChI=1S/C23H25N3O/c1-15-8-9-20-18(14-15)16(6-3-4-12-24)23(26-20)22-17-7-5-13-25-19(17)10-11-21(22)27-2/h5,7-11,13-14,26H,3-4,6,12,24H2,1-2H3. The van der Waals surface area contributed by atoms with Gasteiger partial charge in [0.15, 0.2) is 0 Å². The van der Waals surface area contributed by atoms with Gasteiger partial charge in [0.25, 0.3) is 0 Å². The number of ether oxygens (including phenoxy) is 1. The molecule has 0 saturated carbocycles. The quantitative estimate of drug-likeness (QED) is 0.477. The zero-order valence-corrected chi connectivity index (χ0v) is 15.9. The third-order valence-corrected chi connectivity index (χ3v) is 5.16. The Morgan fingerprint density at radius 1 is 1.07 bits per heavy atom. The summed E-state index contributed by atoms with van der Waals surface area (Å²) in [5.41, 5.74) is 12.7. The molecular formula is C23H25N3O. The molecule has 0 fully saturated rings. The Kier molecular flexibility index (Phi) is 4.82. The normalized spacial score (nSPS) is 11.4. The summed E-state index contributed by atoms with van der Waals surface area (Å²) < 4.78 is 5.74. The molecule has 27 heavy (non-hydrogen) atoms. The number of hydrogen-bond donors (Lipinski definition) is 2. The summed E-state index contributed by atoms with van der Waals surface area (Å²) in [6, 6.07) is 14.7. The minimum absolute atomic E-state index is 0.720. The molecule has 0 spiro atoms. The summed E-state index contributed by atoms with van der Waals surface area (Å²) in [5, 5.41) is 2.38. The first-order chi connectivity index (χ1) is 13.2. The molecule has 4 heteroatoms. The molecule has 2 heterocycles. The number of rotatable bonds is 6. The molecule has 0 bridgehead atoms. The summed E-state index contributed by atoms with van der Waals surface area (Å²) in [4.78, 5) is 8.19. The number of fused-ring (bicyclic) bond motifs is 2. The van der Waals surface area contributed by atoms with Gasteiger partial charge in [-0.15, -0.1) is 0 Å². The molecule has 0 aliphatic rings. The lowest BCUT2D eigenvalue weighted by Crippen LogP contribution is -2.00. The third-order valence-electron chi connectivity index (χ3n) is 5.16. The Balaban J connectivity index is 2.01. The molecule has 4 rings (SSSR count). The van der Waals surface area contributed by atoms with E-state index in [1.165, 1.54) is 16.5 Å². The van der Waals surface area contributed by atoms with Crippen LogP contribution in [0.2, 0.25) is 0 Å². The molecule has 2 aromatic heterocycles. The minimum Gasteiger partial charge on any atom is -0.496 e. The number of nitrogens with one attached hydrogen (secondary N) is 1. The Morgan fingerprint density at radius 2 is 1.96 bits per heavy atom. The SMILES string of the molecule is COc1ccc2ncccc2c1-c1[nH]c2ccc(C)cc2c1CCCCN. The fourth-order valence-corrected chi connectivity index (χ4v) is 3.84. The van der Waals surface area contributed by atoms with Crippen LogP contribution in [-0.2, 0) is 6.42 Å².